The third-order valence-corrected chi connectivity index (χ3v) is 2.84. The molecule has 18 heavy (non-hydrogen) atoms. The van der Waals surface area contributed by atoms with Gasteiger partial charge in [-0.25, -0.2) is 4.79 Å². The SMILES string of the molecule is C=C(C)C(=O)O/C=C/CCCCCCCCCC. The Balaban J connectivity index is 3.22. The molecule has 0 saturated carbocycles. The van der Waals surface area contributed by atoms with E-state index in [1.807, 2.05) is 6.08 Å². The highest BCUT2D eigenvalue weighted by Gasteiger charge is 1.98. The van der Waals surface area contributed by atoms with Gasteiger partial charge in [-0.05, 0) is 25.8 Å². The minimum atomic E-state index is -0.345. The molecular formula is C16H28O2. The van der Waals surface area contributed by atoms with Gasteiger partial charge in [-0.1, -0.05) is 58.4 Å². The Morgan fingerprint density at radius 1 is 1.06 bits per heavy atom. The molecule has 0 aliphatic heterocycles. The van der Waals surface area contributed by atoms with Crippen LogP contribution < -0.4 is 0 Å². The zero-order chi connectivity index (χ0) is 13.6. The molecular weight excluding hydrogens is 224 g/mol. The number of esters is 1. The lowest BCUT2D eigenvalue weighted by atomic mass is 10.1. The van der Waals surface area contributed by atoms with Crippen LogP contribution in [-0.4, -0.2) is 5.97 Å². The Morgan fingerprint density at radius 3 is 2.17 bits per heavy atom. The second-order valence-corrected chi connectivity index (χ2v) is 4.82. The van der Waals surface area contributed by atoms with E-state index in [1.54, 1.807) is 6.92 Å². The van der Waals surface area contributed by atoms with Crippen molar-refractivity contribution in [1.29, 1.82) is 0 Å². The third kappa shape index (κ3) is 11.4. The predicted molar refractivity (Wildman–Crippen MR) is 77.3 cm³/mol. The highest BCUT2D eigenvalue weighted by atomic mass is 16.5. The molecule has 104 valence electrons. The lowest BCUT2D eigenvalue weighted by Gasteiger charge is -2.00. The van der Waals surface area contributed by atoms with Gasteiger partial charge in [0.05, 0.1) is 6.26 Å². The summed E-state index contributed by atoms with van der Waals surface area (Å²) in [5, 5.41) is 0. The molecule has 0 heterocycles. The molecule has 0 bridgehead atoms. The highest BCUT2D eigenvalue weighted by Crippen LogP contribution is 2.09. The molecule has 0 aromatic carbocycles. The number of hydrogen-bond donors (Lipinski definition) is 0. The Kier molecular flexibility index (Phi) is 11.7. The van der Waals surface area contributed by atoms with Gasteiger partial charge in [0.2, 0.25) is 0 Å². The quantitative estimate of drug-likeness (QED) is 0.220. The monoisotopic (exact) mass is 252 g/mol. The molecule has 0 rings (SSSR count). The minimum Gasteiger partial charge on any atom is -0.431 e. The fourth-order valence-corrected chi connectivity index (χ4v) is 1.67. The van der Waals surface area contributed by atoms with Crippen LogP contribution in [0.15, 0.2) is 24.5 Å². The zero-order valence-corrected chi connectivity index (χ0v) is 12.0. The van der Waals surface area contributed by atoms with Gasteiger partial charge in [-0.15, -0.1) is 0 Å². The highest BCUT2D eigenvalue weighted by molar-refractivity contribution is 5.87. The van der Waals surface area contributed by atoms with Crippen LogP contribution in [0.5, 0.6) is 0 Å². The average Bonchev–Trinajstić information content (AvgIpc) is 2.35. The maximum absolute atomic E-state index is 11.0. The molecule has 0 amide bonds. The number of ether oxygens (including phenoxy) is 1. The summed E-state index contributed by atoms with van der Waals surface area (Å²) in [6.45, 7) is 7.41. The van der Waals surface area contributed by atoms with Crippen molar-refractivity contribution in [3.63, 3.8) is 0 Å². The van der Waals surface area contributed by atoms with E-state index < -0.39 is 0 Å². The lowest BCUT2D eigenvalue weighted by molar-refractivity contribution is -0.133. The molecule has 0 atom stereocenters. The van der Waals surface area contributed by atoms with E-state index >= 15 is 0 Å². The van der Waals surface area contributed by atoms with Gasteiger partial charge >= 0.3 is 5.97 Å². The topological polar surface area (TPSA) is 26.3 Å². The average molecular weight is 252 g/mol. The summed E-state index contributed by atoms with van der Waals surface area (Å²) < 4.78 is 4.86. The number of hydrogen-bond acceptors (Lipinski definition) is 2. The summed E-state index contributed by atoms with van der Waals surface area (Å²) in [5.41, 5.74) is 0.437. The molecule has 2 heteroatoms. The van der Waals surface area contributed by atoms with Gasteiger partial charge in [-0.2, -0.15) is 0 Å². The Morgan fingerprint density at radius 2 is 1.61 bits per heavy atom. The van der Waals surface area contributed by atoms with Crippen LogP contribution in [0, 0.1) is 0 Å². The summed E-state index contributed by atoms with van der Waals surface area (Å²) >= 11 is 0. The fourth-order valence-electron chi connectivity index (χ4n) is 1.67. The summed E-state index contributed by atoms with van der Waals surface area (Å²) in [6.07, 6.45) is 14.9. The second-order valence-electron chi connectivity index (χ2n) is 4.82. The van der Waals surface area contributed by atoms with Crippen molar-refractivity contribution >= 4 is 5.97 Å². The maximum Gasteiger partial charge on any atom is 0.337 e. The summed E-state index contributed by atoms with van der Waals surface area (Å²) in [5.74, 6) is -0.345. The van der Waals surface area contributed by atoms with Crippen molar-refractivity contribution < 1.29 is 9.53 Å². The van der Waals surface area contributed by atoms with E-state index in [1.165, 1.54) is 57.6 Å². The van der Waals surface area contributed by atoms with Gasteiger partial charge in [0.15, 0.2) is 0 Å². The van der Waals surface area contributed by atoms with Crippen LogP contribution in [0.25, 0.3) is 0 Å². The van der Waals surface area contributed by atoms with E-state index in [9.17, 15) is 4.79 Å². The van der Waals surface area contributed by atoms with Crippen molar-refractivity contribution in [2.75, 3.05) is 0 Å². The van der Waals surface area contributed by atoms with Gasteiger partial charge in [0.1, 0.15) is 0 Å². The smallest absolute Gasteiger partial charge is 0.337 e. The van der Waals surface area contributed by atoms with Crippen molar-refractivity contribution in [3.8, 4) is 0 Å². The first kappa shape index (κ1) is 16.9. The van der Waals surface area contributed by atoms with Crippen LogP contribution in [0.2, 0.25) is 0 Å². The van der Waals surface area contributed by atoms with E-state index in [-0.39, 0.29) is 5.97 Å². The Hall–Kier alpha value is -1.05. The van der Waals surface area contributed by atoms with E-state index in [4.69, 9.17) is 4.74 Å². The molecule has 0 aromatic heterocycles. The Labute approximate surface area is 112 Å². The van der Waals surface area contributed by atoms with Crippen molar-refractivity contribution in [2.45, 2.75) is 71.6 Å². The largest absolute Gasteiger partial charge is 0.431 e. The Bertz CT molecular complexity index is 254. The molecule has 0 saturated heterocycles. The maximum atomic E-state index is 11.0. The first-order valence-corrected chi connectivity index (χ1v) is 7.20. The minimum absolute atomic E-state index is 0.345. The predicted octanol–water partition coefficient (Wildman–Crippen LogP) is 5.15. The summed E-state index contributed by atoms with van der Waals surface area (Å²) in [7, 11) is 0. The number of rotatable bonds is 11. The van der Waals surface area contributed by atoms with Crippen LogP contribution in [0.3, 0.4) is 0 Å². The number of carbonyl (C=O) groups is 1. The number of allylic oxidation sites excluding steroid dienone is 1. The van der Waals surface area contributed by atoms with Gasteiger partial charge < -0.3 is 4.74 Å². The van der Waals surface area contributed by atoms with Gasteiger partial charge in [0, 0.05) is 5.57 Å². The molecule has 0 N–H and O–H groups in total. The van der Waals surface area contributed by atoms with E-state index in [0.29, 0.717) is 5.57 Å². The normalized spacial score (nSPS) is 10.8. The van der Waals surface area contributed by atoms with Gasteiger partial charge in [0.25, 0.3) is 0 Å². The summed E-state index contributed by atoms with van der Waals surface area (Å²) in [4.78, 5) is 11.0. The third-order valence-electron chi connectivity index (χ3n) is 2.84. The van der Waals surface area contributed by atoms with Gasteiger partial charge in [-0.3, -0.25) is 0 Å². The molecule has 0 aromatic rings. The summed E-state index contributed by atoms with van der Waals surface area (Å²) in [6, 6.07) is 0. The standard InChI is InChI=1S/C16H28O2/c1-4-5-6-7-8-9-10-11-12-13-14-18-16(17)15(2)3/h13-14H,2,4-12H2,1,3H3/b14-13+. The second kappa shape index (κ2) is 12.4. The van der Waals surface area contributed by atoms with Crippen molar-refractivity contribution in [2.24, 2.45) is 0 Å². The van der Waals surface area contributed by atoms with Crippen LogP contribution >= 0.6 is 0 Å². The first-order chi connectivity index (χ1) is 8.68. The number of unbranched alkanes of at least 4 members (excludes halogenated alkanes) is 8. The first-order valence-electron chi connectivity index (χ1n) is 7.20. The fraction of sp³-hybridized carbons (Fsp3) is 0.688. The molecule has 0 spiro atoms. The lowest BCUT2D eigenvalue weighted by Crippen LogP contribution is -1.98. The molecule has 0 unspecified atom stereocenters. The molecule has 0 radical (unpaired) electrons. The van der Waals surface area contributed by atoms with Crippen LogP contribution in [0.1, 0.15) is 71.6 Å². The van der Waals surface area contributed by atoms with Crippen LogP contribution in [-0.2, 0) is 9.53 Å². The molecule has 0 aliphatic rings. The van der Waals surface area contributed by atoms with Crippen molar-refractivity contribution in [1.82, 2.24) is 0 Å². The molecule has 0 aliphatic carbocycles. The van der Waals surface area contributed by atoms with E-state index in [2.05, 4.69) is 13.5 Å². The van der Waals surface area contributed by atoms with Crippen LogP contribution in [0.4, 0.5) is 0 Å². The molecule has 0 fully saturated rings. The van der Waals surface area contributed by atoms with Crippen molar-refractivity contribution in [3.05, 3.63) is 24.5 Å². The number of carbonyl (C=O) groups excluding carboxylic acids is 1. The van der Waals surface area contributed by atoms with E-state index in [0.717, 1.165) is 6.42 Å². The zero-order valence-electron chi connectivity index (χ0n) is 12.0. The molecule has 2 nitrogen and oxygen atoms in total.